The van der Waals surface area contributed by atoms with E-state index < -0.39 is 23.6 Å². The summed E-state index contributed by atoms with van der Waals surface area (Å²) in [5.74, 6) is -1.55. The van der Waals surface area contributed by atoms with E-state index in [0.29, 0.717) is 13.0 Å². The predicted octanol–water partition coefficient (Wildman–Crippen LogP) is -0.362. The molecule has 1 aromatic heterocycles. The number of hydrogen-bond donors (Lipinski definition) is 3. The van der Waals surface area contributed by atoms with Gasteiger partial charge in [0.25, 0.3) is 5.91 Å². The van der Waals surface area contributed by atoms with Crippen molar-refractivity contribution in [1.82, 2.24) is 14.9 Å². The first kappa shape index (κ1) is 11.4. The lowest BCUT2D eigenvalue weighted by atomic mass is 10.0. The second kappa shape index (κ2) is 4.08. The Morgan fingerprint density at radius 1 is 1.53 bits per heavy atom. The van der Waals surface area contributed by atoms with Crippen LogP contribution < -0.4 is 5.69 Å². The summed E-state index contributed by atoms with van der Waals surface area (Å²) >= 11 is 0. The Morgan fingerprint density at radius 3 is 2.76 bits per heavy atom. The highest BCUT2D eigenvalue weighted by atomic mass is 16.4. The number of carbonyl (C=O) groups excluding carboxylic acids is 1. The van der Waals surface area contributed by atoms with E-state index in [1.165, 1.54) is 11.1 Å². The summed E-state index contributed by atoms with van der Waals surface area (Å²) in [6.07, 6.45) is 1.91. The zero-order valence-corrected chi connectivity index (χ0v) is 9.27. The van der Waals surface area contributed by atoms with Crippen LogP contribution in [-0.2, 0) is 4.79 Å². The van der Waals surface area contributed by atoms with Gasteiger partial charge in [0.05, 0.1) is 0 Å². The van der Waals surface area contributed by atoms with Crippen molar-refractivity contribution >= 4 is 11.9 Å². The molecule has 2 atom stereocenters. The van der Waals surface area contributed by atoms with Crippen molar-refractivity contribution in [3.63, 3.8) is 0 Å². The Balaban J connectivity index is 2.25. The Morgan fingerprint density at radius 2 is 2.24 bits per heavy atom. The van der Waals surface area contributed by atoms with Gasteiger partial charge in [-0.3, -0.25) is 4.79 Å². The average molecular weight is 239 g/mol. The third-order valence-electron chi connectivity index (χ3n) is 3.04. The molecular weight excluding hydrogens is 226 g/mol. The van der Waals surface area contributed by atoms with Gasteiger partial charge in [-0.15, -0.1) is 0 Å². The molecule has 0 radical (unpaired) electrons. The molecule has 1 aromatic rings. The minimum Gasteiger partial charge on any atom is -0.480 e. The Kier molecular flexibility index (Phi) is 2.74. The van der Waals surface area contributed by atoms with Crippen molar-refractivity contribution in [2.24, 2.45) is 5.92 Å². The number of rotatable bonds is 2. The van der Waals surface area contributed by atoms with Crippen LogP contribution in [0.3, 0.4) is 0 Å². The number of carbonyl (C=O) groups is 2. The van der Waals surface area contributed by atoms with Crippen LogP contribution in [-0.4, -0.2) is 44.4 Å². The number of aromatic nitrogens is 2. The van der Waals surface area contributed by atoms with E-state index in [-0.39, 0.29) is 11.6 Å². The zero-order valence-electron chi connectivity index (χ0n) is 9.27. The molecule has 0 aliphatic carbocycles. The molecule has 0 spiro atoms. The maximum Gasteiger partial charge on any atom is 0.326 e. The lowest BCUT2D eigenvalue weighted by molar-refractivity contribution is -0.142. The van der Waals surface area contributed by atoms with Crippen LogP contribution in [0.5, 0.6) is 0 Å². The maximum absolute atomic E-state index is 12.0. The first-order chi connectivity index (χ1) is 8.00. The molecule has 2 heterocycles. The fourth-order valence-electron chi connectivity index (χ4n) is 2.15. The van der Waals surface area contributed by atoms with Crippen LogP contribution in [0, 0.1) is 5.92 Å². The zero-order chi connectivity index (χ0) is 12.6. The number of likely N-dealkylation sites (tertiary alicyclic amines) is 1. The number of carboxylic acids is 1. The molecule has 2 rings (SSSR count). The first-order valence-corrected chi connectivity index (χ1v) is 5.32. The van der Waals surface area contributed by atoms with Gasteiger partial charge in [0.1, 0.15) is 11.7 Å². The summed E-state index contributed by atoms with van der Waals surface area (Å²) < 4.78 is 0. The molecule has 2 unspecified atom stereocenters. The SMILES string of the molecule is CC1CCN(C(=O)c2c[nH]c(=O)[nH]2)C1C(=O)O. The van der Waals surface area contributed by atoms with E-state index >= 15 is 0 Å². The van der Waals surface area contributed by atoms with Crippen LogP contribution in [0.1, 0.15) is 23.8 Å². The van der Waals surface area contributed by atoms with E-state index in [1.54, 1.807) is 6.92 Å². The summed E-state index contributed by atoms with van der Waals surface area (Å²) in [6, 6.07) is -0.819. The number of amides is 1. The van der Waals surface area contributed by atoms with Crippen molar-refractivity contribution in [1.29, 1.82) is 0 Å². The van der Waals surface area contributed by atoms with E-state index in [0.717, 1.165) is 0 Å². The molecule has 17 heavy (non-hydrogen) atoms. The molecule has 7 heteroatoms. The number of aromatic amines is 2. The Bertz CT molecular complexity index is 504. The molecular formula is C10H13N3O4. The minimum atomic E-state index is -1.01. The van der Waals surface area contributed by atoms with Gasteiger partial charge in [-0.1, -0.05) is 6.92 Å². The van der Waals surface area contributed by atoms with Gasteiger partial charge in [-0.05, 0) is 12.3 Å². The smallest absolute Gasteiger partial charge is 0.326 e. The van der Waals surface area contributed by atoms with Crippen molar-refractivity contribution < 1.29 is 14.7 Å². The van der Waals surface area contributed by atoms with Gasteiger partial charge in [0.2, 0.25) is 0 Å². The summed E-state index contributed by atoms with van der Waals surface area (Å²) in [6.45, 7) is 2.19. The standard InChI is InChI=1S/C10H13N3O4/c1-5-2-3-13(7(5)9(15)16)8(14)6-4-11-10(17)12-6/h4-5,7H,2-3H2,1H3,(H,15,16)(H2,11,12,17). The van der Waals surface area contributed by atoms with Gasteiger partial charge < -0.3 is 20.0 Å². The molecule has 92 valence electrons. The number of nitrogens with one attached hydrogen (secondary N) is 2. The van der Waals surface area contributed by atoms with Crippen molar-refractivity contribution in [2.45, 2.75) is 19.4 Å². The largest absolute Gasteiger partial charge is 0.480 e. The molecule has 7 nitrogen and oxygen atoms in total. The molecule has 0 bridgehead atoms. The molecule has 1 fully saturated rings. The van der Waals surface area contributed by atoms with Crippen molar-refractivity contribution in [2.75, 3.05) is 6.54 Å². The number of H-pyrrole nitrogens is 2. The number of hydrogen-bond acceptors (Lipinski definition) is 3. The average Bonchev–Trinajstić information content (AvgIpc) is 2.83. The summed E-state index contributed by atoms with van der Waals surface area (Å²) in [4.78, 5) is 39.9. The van der Waals surface area contributed by atoms with Crippen LogP contribution in [0.15, 0.2) is 11.0 Å². The third kappa shape index (κ3) is 1.95. The van der Waals surface area contributed by atoms with Crippen LogP contribution in [0.2, 0.25) is 0 Å². The van der Waals surface area contributed by atoms with Gasteiger partial charge in [-0.25, -0.2) is 9.59 Å². The lowest BCUT2D eigenvalue weighted by Gasteiger charge is -2.22. The molecule has 1 aliphatic rings. The normalized spacial score (nSPS) is 23.9. The van der Waals surface area contributed by atoms with Crippen molar-refractivity contribution in [3.05, 3.63) is 22.4 Å². The maximum atomic E-state index is 12.0. The highest BCUT2D eigenvalue weighted by Gasteiger charge is 2.40. The number of aliphatic carboxylic acids is 1. The molecule has 1 aliphatic heterocycles. The topological polar surface area (TPSA) is 106 Å². The van der Waals surface area contributed by atoms with E-state index in [9.17, 15) is 14.4 Å². The van der Waals surface area contributed by atoms with E-state index in [4.69, 9.17) is 5.11 Å². The van der Waals surface area contributed by atoms with Gasteiger partial charge in [0.15, 0.2) is 0 Å². The molecule has 0 saturated carbocycles. The van der Waals surface area contributed by atoms with Gasteiger partial charge in [-0.2, -0.15) is 0 Å². The van der Waals surface area contributed by atoms with Crippen molar-refractivity contribution in [3.8, 4) is 0 Å². The lowest BCUT2D eigenvalue weighted by Crippen LogP contribution is -2.43. The Labute approximate surface area is 96.4 Å². The molecule has 1 amide bonds. The molecule has 3 N–H and O–H groups in total. The van der Waals surface area contributed by atoms with Gasteiger partial charge in [0, 0.05) is 12.7 Å². The highest BCUT2D eigenvalue weighted by Crippen LogP contribution is 2.25. The van der Waals surface area contributed by atoms with Crippen LogP contribution in [0.25, 0.3) is 0 Å². The second-order valence-electron chi connectivity index (χ2n) is 4.20. The molecule has 1 saturated heterocycles. The summed E-state index contributed by atoms with van der Waals surface area (Å²) in [5, 5.41) is 9.08. The van der Waals surface area contributed by atoms with E-state index in [1.807, 2.05) is 0 Å². The minimum absolute atomic E-state index is 0.0814. The predicted molar refractivity (Wildman–Crippen MR) is 57.7 cm³/mol. The van der Waals surface area contributed by atoms with E-state index in [2.05, 4.69) is 9.97 Å². The molecule has 0 aromatic carbocycles. The first-order valence-electron chi connectivity index (χ1n) is 5.32. The van der Waals surface area contributed by atoms with Crippen LogP contribution >= 0.6 is 0 Å². The summed E-state index contributed by atoms with van der Waals surface area (Å²) in [7, 11) is 0. The quantitative estimate of drug-likeness (QED) is 0.655. The third-order valence-corrected chi connectivity index (χ3v) is 3.04. The highest BCUT2D eigenvalue weighted by molar-refractivity contribution is 5.95. The monoisotopic (exact) mass is 239 g/mol. The van der Waals surface area contributed by atoms with Gasteiger partial charge >= 0.3 is 11.7 Å². The fraction of sp³-hybridized carbons (Fsp3) is 0.500. The summed E-state index contributed by atoms with van der Waals surface area (Å²) in [5.41, 5.74) is -0.386. The second-order valence-corrected chi connectivity index (χ2v) is 4.20. The van der Waals surface area contributed by atoms with Crippen LogP contribution in [0.4, 0.5) is 0 Å². The number of carboxylic acid groups (broad SMARTS) is 1. The Hall–Kier alpha value is -2.05. The number of imidazole rings is 1. The number of nitrogens with zero attached hydrogens (tertiary/aromatic N) is 1. The fourth-order valence-corrected chi connectivity index (χ4v) is 2.15.